The van der Waals surface area contributed by atoms with Crippen LogP contribution in [0.2, 0.25) is 0 Å². The van der Waals surface area contributed by atoms with Crippen molar-refractivity contribution >= 4 is 11.8 Å². The molecule has 1 atom stereocenters. The van der Waals surface area contributed by atoms with Crippen LogP contribution in [0.1, 0.15) is 37.8 Å². The van der Waals surface area contributed by atoms with Gasteiger partial charge in [-0.3, -0.25) is 9.78 Å². The molecule has 0 aromatic carbocycles. The quantitative estimate of drug-likeness (QED) is 0.848. The lowest BCUT2D eigenvalue weighted by molar-refractivity contribution is -0.136. The number of ether oxygens (including phenoxy) is 1. The molecule has 1 N–H and O–H groups in total. The van der Waals surface area contributed by atoms with Crippen molar-refractivity contribution in [1.29, 1.82) is 0 Å². The lowest BCUT2D eigenvalue weighted by Gasteiger charge is -2.33. The Balaban J connectivity index is 2.18. The van der Waals surface area contributed by atoms with Crippen molar-refractivity contribution in [3.63, 3.8) is 0 Å². The van der Waals surface area contributed by atoms with E-state index < -0.39 is 11.9 Å². The molecule has 0 radical (unpaired) electrons. The minimum Gasteiger partial charge on any atom is -0.466 e. The third-order valence-corrected chi connectivity index (χ3v) is 4.16. The molecule has 22 heavy (non-hydrogen) atoms. The van der Waals surface area contributed by atoms with E-state index in [2.05, 4.69) is 10.3 Å². The van der Waals surface area contributed by atoms with Crippen LogP contribution in [0.25, 0.3) is 0 Å². The molecule has 0 saturated carbocycles. The summed E-state index contributed by atoms with van der Waals surface area (Å²) in [4.78, 5) is 29.1. The van der Waals surface area contributed by atoms with Gasteiger partial charge < -0.3 is 10.1 Å². The Kier molecular flexibility index (Phi) is 3.79. The first-order valence-corrected chi connectivity index (χ1v) is 7.36. The molecular weight excluding hydrogens is 280 g/mol. The number of hydrogen-bond acceptors (Lipinski definition) is 5. The van der Waals surface area contributed by atoms with Crippen LogP contribution in [0, 0.1) is 0 Å². The average molecular weight is 298 g/mol. The van der Waals surface area contributed by atoms with Crippen LogP contribution < -0.4 is 5.32 Å². The van der Waals surface area contributed by atoms with Gasteiger partial charge in [0.25, 0.3) is 0 Å². The van der Waals surface area contributed by atoms with Crippen LogP contribution in [0.4, 0.5) is 0 Å². The summed E-state index contributed by atoms with van der Waals surface area (Å²) in [6.07, 6.45) is 3.84. The number of carbonyl (C=O) groups is 2. The average Bonchev–Trinajstić information content (AvgIpc) is 2.54. The molecule has 1 unspecified atom stereocenters. The third kappa shape index (κ3) is 2.32. The molecule has 0 spiro atoms. The van der Waals surface area contributed by atoms with Crippen molar-refractivity contribution in [2.75, 3.05) is 7.11 Å². The van der Waals surface area contributed by atoms with Crippen LogP contribution >= 0.6 is 0 Å². The molecule has 2 heterocycles. The summed E-state index contributed by atoms with van der Waals surface area (Å²) in [5.41, 5.74) is 3.48. The predicted molar refractivity (Wildman–Crippen MR) is 80.7 cm³/mol. The monoisotopic (exact) mass is 298 g/mol. The fraction of sp³-hybridized carbons (Fsp3) is 0.353. The Morgan fingerprint density at radius 3 is 2.86 bits per heavy atom. The van der Waals surface area contributed by atoms with Crippen molar-refractivity contribution in [3.8, 4) is 0 Å². The van der Waals surface area contributed by atoms with Gasteiger partial charge in [0.1, 0.15) is 0 Å². The number of allylic oxidation sites excluding steroid dienone is 3. The molecule has 0 amide bonds. The first-order chi connectivity index (χ1) is 10.6. The molecule has 0 saturated heterocycles. The second kappa shape index (κ2) is 5.75. The van der Waals surface area contributed by atoms with Crippen LogP contribution in [0.5, 0.6) is 0 Å². The van der Waals surface area contributed by atoms with E-state index in [1.54, 1.807) is 6.20 Å². The third-order valence-electron chi connectivity index (χ3n) is 4.16. The summed E-state index contributed by atoms with van der Waals surface area (Å²) in [5, 5.41) is 3.22. The van der Waals surface area contributed by atoms with Gasteiger partial charge >= 0.3 is 5.97 Å². The highest BCUT2D eigenvalue weighted by atomic mass is 16.5. The second-order valence-electron chi connectivity index (χ2n) is 5.51. The summed E-state index contributed by atoms with van der Waals surface area (Å²) < 4.78 is 4.93. The lowest BCUT2D eigenvalue weighted by Crippen LogP contribution is -2.34. The molecule has 0 bridgehead atoms. The van der Waals surface area contributed by atoms with Crippen molar-refractivity contribution in [2.24, 2.45) is 0 Å². The SMILES string of the molecule is COC(=O)C1=C(C)NC2=C(C(=O)CCC2)C1c1ccccn1. The molecule has 5 heteroatoms. The maximum atomic E-state index is 12.5. The van der Waals surface area contributed by atoms with E-state index >= 15 is 0 Å². The Labute approximate surface area is 129 Å². The minimum atomic E-state index is -0.447. The summed E-state index contributed by atoms with van der Waals surface area (Å²) in [6, 6.07) is 5.53. The molecule has 1 aromatic rings. The molecule has 0 fully saturated rings. The number of nitrogens with zero attached hydrogens (tertiary/aromatic N) is 1. The largest absolute Gasteiger partial charge is 0.466 e. The fourth-order valence-electron chi connectivity index (χ4n) is 3.21. The highest BCUT2D eigenvalue weighted by molar-refractivity contribution is 6.03. The number of ketones is 1. The number of pyridine rings is 1. The fourth-order valence-corrected chi connectivity index (χ4v) is 3.21. The van der Waals surface area contributed by atoms with E-state index in [4.69, 9.17) is 4.74 Å². The Bertz CT molecular complexity index is 689. The van der Waals surface area contributed by atoms with Gasteiger partial charge in [0.15, 0.2) is 5.78 Å². The summed E-state index contributed by atoms with van der Waals surface area (Å²) in [5.74, 6) is -0.790. The van der Waals surface area contributed by atoms with Crippen LogP contribution in [-0.2, 0) is 14.3 Å². The van der Waals surface area contributed by atoms with E-state index in [-0.39, 0.29) is 5.78 Å². The lowest BCUT2D eigenvalue weighted by atomic mass is 9.77. The van der Waals surface area contributed by atoms with E-state index in [1.807, 2.05) is 25.1 Å². The molecular formula is C17H18N2O3. The Morgan fingerprint density at radius 1 is 1.36 bits per heavy atom. The van der Waals surface area contributed by atoms with Crippen molar-refractivity contribution < 1.29 is 14.3 Å². The van der Waals surface area contributed by atoms with Gasteiger partial charge in [0.2, 0.25) is 0 Å². The summed E-state index contributed by atoms with van der Waals surface area (Å²) in [6.45, 7) is 1.84. The van der Waals surface area contributed by atoms with Crippen molar-refractivity contribution in [1.82, 2.24) is 10.3 Å². The van der Waals surface area contributed by atoms with E-state index in [0.717, 1.165) is 24.2 Å². The smallest absolute Gasteiger partial charge is 0.336 e. The zero-order chi connectivity index (χ0) is 15.7. The summed E-state index contributed by atoms with van der Waals surface area (Å²) >= 11 is 0. The number of hydrogen-bond donors (Lipinski definition) is 1. The number of aromatic nitrogens is 1. The maximum absolute atomic E-state index is 12.5. The van der Waals surface area contributed by atoms with Crippen LogP contribution in [-0.4, -0.2) is 23.8 Å². The maximum Gasteiger partial charge on any atom is 0.336 e. The highest BCUT2D eigenvalue weighted by Gasteiger charge is 2.39. The highest BCUT2D eigenvalue weighted by Crippen LogP contribution is 2.41. The molecule has 5 nitrogen and oxygen atoms in total. The van der Waals surface area contributed by atoms with Crippen molar-refractivity contribution in [2.45, 2.75) is 32.1 Å². The number of dihydropyridines is 1. The van der Waals surface area contributed by atoms with Gasteiger partial charge in [-0.1, -0.05) is 6.07 Å². The first-order valence-electron chi connectivity index (χ1n) is 7.36. The standard InChI is InChI=1S/C17H18N2O3/c1-10-14(17(21)22-2)16(11-6-3-4-9-18-11)15-12(19-10)7-5-8-13(15)20/h3-4,6,9,16,19H,5,7-8H2,1-2H3. The van der Waals surface area contributed by atoms with Gasteiger partial charge in [-0.05, 0) is 31.9 Å². The first kappa shape index (κ1) is 14.5. The van der Waals surface area contributed by atoms with Gasteiger partial charge in [0.05, 0.1) is 24.3 Å². The molecule has 1 aliphatic heterocycles. The van der Waals surface area contributed by atoms with Gasteiger partial charge in [0, 0.05) is 29.6 Å². The Hall–Kier alpha value is -2.43. The van der Waals surface area contributed by atoms with Crippen LogP contribution in [0.3, 0.4) is 0 Å². The number of rotatable bonds is 2. The molecule has 114 valence electrons. The predicted octanol–water partition coefficient (Wildman–Crippen LogP) is 2.22. The normalized spacial score (nSPS) is 21.4. The number of Topliss-reactive ketones (excluding diaryl/α,β-unsaturated/α-hetero) is 1. The zero-order valence-electron chi connectivity index (χ0n) is 12.7. The molecule has 2 aliphatic rings. The van der Waals surface area contributed by atoms with Gasteiger partial charge in [-0.2, -0.15) is 0 Å². The number of carbonyl (C=O) groups excluding carboxylic acids is 2. The molecule has 1 aliphatic carbocycles. The number of nitrogens with one attached hydrogen (secondary N) is 1. The second-order valence-corrected chi connectivity index (χ2v) is 5.51. The molecule has 3 rings (SSSR count). The van der Waals surface area contributed by atoms with Gasteiger partial charge in [-0.15, -0.1) is 0 Å². The summed E-state index contributed by atoms with van der Waals surface area (Å²) in [7, 11) is 1.35. The topological polar surface area (TPSA) is 68.3 Å². The van der Waals surface area contributed by atoms with E-state index in [0.29, 0.717) is 23.3 Å². The minimum absolute atomic E-state index is 0.0818. The van der Waals surface area contributed by atoms with E-state index in [9.17, 15) is 9.59 Å². The van der Waals surface area contributed by atoms with Crippen LogP contribution in [0.15, 0.2) is 46.9 Å². The zero-order valence-corrected chi connectivity index (χ0v) is 12.7. The van der Waals surface area contributed by atoms with E-state index in [1.165, 1.54) is 7.11 Å². The van der Waals surface area contributed by atoms with Gasteiger partial charge in [-0.25, -0.2) is 4.79 Å². The number of methoxy groups -OCH3 is 1. The Morgan fingerprint density at radius 2 is 2.18 bits per heavy atom. The molecule has 1 aromatic heterocycles. The van der Waals surface area contributed by atoms with Crippen molar-refractivity contribution in [3.05, 3.63) is 52.6 Å². The number of esters is 1.